The van der Waals surface area contributed by atoms with Crippen molar-refractivity contribution in [3.05, 3.63) is 23.3 Å². The first-order valence-electron chi connectivity index (χ1n) is 10.6. The molecule has 1 fully saturated rings. The lowest BCUT2D eigenvalue weighted by Crippen LogP contribution is -2.05. The quantitative estimate of drug-likeness (QED) is 0.432. The first-order chi connectivity index (χ1) is 12.2. The van der Waals surface area contributed by atoms with Gasteiger partial charge in [0.15, 0.2) is 0 Å². The van der Waals surface area contributed by atoms with E-state index in [4.69, 9.17) is 4.74 Å². The van der Waals surface area contributed by atoms with Crippen molar-refractivity contribution >= 4 is 5.78 Å². The Morgan fingerprint density at radius 3 is 1.88 bits per heavy atom. The standard InChI is InChI=1S/C11H20O2.C8H12.2C2H6.CH4/c12-11-7-5-3-1-2-4-6-9-13-10-8-11;1-7-5-3-4-6-8(7)2;2*1-2;/h1-10H2;3,5H,4,6H2,1-2H3;2*1-2H3;1H4. The van der Waals surface area contributed by atoms with Crippen molar-refractivity contribution in [1.82, 2.24) is 0 Å². The zero-order valence-electron chi connectivity index (χ0n) is 18.0. The Balaban J connectivity index is -0.000000351. The van der Waals surface area contributed by atoms with E-state index in [2.05, 4.69) is 26.0 Å². The smallest absolute Gasteiger partial charge is 0.135 e. The number of rotatable bonds is 0. The van der Waals surface area contributed by atoms with E-state index in [1.807, 2.05) is 27.7 Å². The van der Waals surface area contributed by atoms with Crippen LogP contribution in [-0.2, 0) is 9.53 Å². The van der Waals surface area contributed by atoms with Crippen LogP contribution in [0, 0.1) is 0 Å². The van der Waals surface area contributed by atoms with Gasteiger partial charge >= 0.3 is 0 Å². The average Bonchev–Trinajstić information content (AvgIpc) is 2.64. The largest absolute Gasteiger partial charge is 0.381 e. The van der Waals surface area contributed by atoms with Gasteiger partial charge in [-0.05, 0) is 39.5 Å². The minimum Gasteiger partial charge on any atom is -0.381 e. The van der Waals surface area contributed by atoms with Gasteiger partial charge in [0, 0.05) is 19.4 Å². The fourth-order valence-corrected chi connectivity index (χ4v) is 2.55. The van der Waals surface area contributed by atoms with Gasteiger partial charge in [0.05, 0.1) is 6.61 Å². The first-order valence-corrected chi connectivity index (χ1v) is 10.6. The molecule has 1 aliphatic heterocycles. The first kappa shape index (κ1) is 29.9. The number of ether oxygens (including phenoxy) is 1. The number of allylic oxidation sites excluding steroid dienone is 4. The van der Waals surface area contributed by atoms with E-state index in [9.17, 15) is 4.79 Å². The zero-order chi connectivity index (χ0) is 19.3. The van der Waals surface area contributed by atoms with E-state index in [1.165, 1.54) is 44.1 Å². The molecule has 0 aromatic carbocycles. The van der Waals surface area contributed by atoms with E-state index >= 15 is 0 Å². The minimum atomic E-state index is 0. The molecule has 156 valence electrons. The monoisotopic (exact) mass is 368 g/mol. The van der Waals surface area contributed by atoms with Crippen molar-refractivity contribution in [3.63, 3.8) is 0 Å². The highest BCUT2D eigenvalue weighted by molar-refractivity contribution is 5.78. The number of Topliss-reactive ketones (excluding diaryl/α,β-unsaturated/α-hetero) is 1. The van der Waals surface area contributed by atoms with Crippen LogP contribution < -0.4 is 0 Å². The maximum absolute atomic E-state index is 11.2. The lowest BCUT2D eigenvalue weighted by molar-refractivity contribution is -0.120. The second kappa shape index (κ2) is 24.1. The summed E-state index contributed by atoms with van der Waals surface area (Å²) in [6, 6.07) is 0. The molecule has 0 aromatic rings. The van der Waals surface area contributed by atoms with Gasteiger partial charge in [0.1, 0.15) is 5.78 Å². The van der Waals surface area contributed by atoms with Crippen molar-refractivity contribution < 1.29 is 9.53 Å². The van der Waals surface area contributed by atoms with Crippen LogP contribution >= 0.6 is 0 Å². The van der Waals surface area contributed by atoms with Gasteiger partial charge in [-0.1, -0.05) is 84.1 Å². The molecule has 0 bridgehead atoms. The fraction of sp³-hybridized carbons (Fsp3) is 0.792. The maximum Gasteiger partial charge on any atom is 0.135 e. The van der Waals surface area contributed by atoms with Gasteiger partial charge in [-0.2, -0.15) is 0 Å². The number of hydrogen-bond acceptors (Lipinski definition) is 2. The Hall–Kier alpha value is -0.890. The molecular weight excluding hydrogens is 320 g/mol. The predicted molar refractivity (Wildman–Crippen MR) is 119 cm³/mol. The van der Waals surface area contributed by atoms with E-state index < -0.39 is 0 Å². The minimum absolute atomic E-state index is 0. The summed E-state index contributed by atoms with van der Waals surface area (Å²) in [6.07, 6.45) is 15.7. The van der Waals surface area contributed by atoms with Gasteiger partial charge in [-0.25, -0.2) is 0 Å². The third-order valence-corrected chi connectivity index (χ3v) is 4.25. The Morgan fingerprint density at radius 1 is 0.769 bits per heavy atom. The molecule has 0 N–H and O–H groups in total. The zero-order valence-corrected chi connectivity index (χ0v) is 18.0. The van der Waals surface area contributed by atoms with Crippen molar-refractivity contribution in [2.75, 3.05) is 13.2 Å². The molecule has 1 saturated heterocycles. The molecule has 2 nitrogen and oxygen atoms in total. The molecule has 0 saturated carbocycles. The molecule has 2 heteroatoms. The summed E-state index contributed by atoms with van der Waals surface area (Å²) in [6.45, 7) is 13.9. The highest BCUT2D eigenvalue weighted by atomic mass is 16.5. The molecule has 1 heterocycles. The third kappa shape index (κ3) is 19.4. The summed E-state index contributed by atoms with van der Waals surface area (Å²) < 4.78 is 5.36. The lowest BCUT2D eigenvalue weighted by Gasteiger charge is -2.06. The van der Waals surface area contributed by atoms with Gasteiger partial charge in [-0.3, -0.25) is 4.79 Å². The summed E-state index contributed by atoms with van der Waals surface area (Å²) in [5.74, 6) is 0.376. The maximum atomic E-state index is 11.2. The normalized spacial score (nSPS) is 18.2. The number of hydrogen-bond donors (Lipinski definition) is 0. The number of carbonyl (C=O) groups is 1. The van der Waals surface area contributed by atoms with Gasteiger partial charge in [-0.15, -0.1) is 0 Å². The molecule has 0 radical (unpaired) electrons. The Morgan fingerprint density at radius 2 is 1.35 bits per heavy atom. The summed E-state index contributed by atoms with van der Waals surface area (Å²) in [5.41, 5.74) is 3.00. The number of ketones is 1. The van der Waals surface area contributed by atoms with E-state index in [0.717, 1.165) is 25.9 Å². The van der Waals surface area contributed by atoms with E-state index in [0.29, 0.717) is 18.8 Å². The van der Waals surface area contributed by atoms with Crippen molar-refractivity contribution in [2.45, 2.75) is 113 Å². The number of carbonyl (C=O) groups excluding carboxylic acids is 1. The van der Waals surface area contributed by atoms with Gasteiger partial charge in [0.25, 0.3) is 0 Å². The molecular formula is C24H48O2. The Kier molecular flexibility index (Phi) is 27.7. The van der Waals surface area contributed by atoms with Crippen LogP contribution in [0.25, 0.3) is 0 Å². The highest BCUT2D eigenvalue weighted by Crippen LogP contribution is 2.16. The fourth-order valence-electron chi connectivity index (χ4n) is 2.55. The van der Waals surface area contributed by atoms with E-state index in [-0.39, 0.29) is 7.43 Å². The third-order valence-electron chi connectivity index (χ3n) is 4.25. The summed E-state index contributed by atoms with van der Waals surface area (Å²) in [7, 11) is 0. The van der Waals surface area contributed by atoms with Crippen molar-refractivity contribution in [1.29, 1.82) is 0 Å². The van der Waals surface area contributed by atoms with Crippen LogP contribution in [0.5, 0.6) is 0 Å². The second-order valence-electron chi connectivity index (χ2n) is 6.18. The summed E-state index contributed by atoms with van der Waals surface area (Å²) in [4.78, 5) is 11.2. The average molecular weight is 369 g/mol. The molecule has 0 aromatic heterocycles. The van der Waals surface area contributed by atoms with Gasteiger partial charge < -0.3 is 4.74 Å². The van der Waals surface area contributed by atoms with Crippen LogP contribution in [0.15, 0.2) is 23.3 Å². The molecule has 0 spiro atoms. The van der Waals surface area contributed by atoms with Crippen molar-refractivity contribution in [2.24, 2.45) is 0 Å². The Labute approximate surface area is 165 Å². The molecule has 0 amide bonds. The molecule has 2 aliphatic rings. The summed E-state index contributed by atoms with van der Waals surface area (Å²) in [5, 5.41) is 0. The molecule has 0 atom stereocenters. The van der Waals surface area contributed by atoms with Crippen LogP contribution in [-0.4, -0.2) is 19.0 Å². The topological polar surface area (TPSA) is 26.3 Å². The van der Waals surface area contributed by atoms with Crippen LogP contribution in [0.1, 0.15) is 113 Å². The van der Waals surface area contributed by atoms with Crippen molar-refractivity contribution in [3.8, 4) is 0 Å². The van der Waals surface area contributed by atoms with Crippen LogP contribution in [0.2, 0.25) is 0 Å². The second-order valence-corrected chi connectivity index (χ2v) is 6.18. The predicted octanol–water partition coefficient (Wildman–Crippen LogP) is 8.07. The highest BCUT2D eigenvalue weighted by Gasteiger charge is 2.03. The summed E-state index contributed by atoms with van der Waals surface area (Å²) >= 11 is 0. The molecule has 1 aliphatic carbocycles. The SMILES string of the molecule is C.CC.CC.CC1=C(C)CCC=C1.O=C1CCCCCCCCOCC1. The van der Waals surface area contributed by atoms with Crippen LogP contribution in [0.4, 0.5) is 0 Å². The molecule has 0 unspecified atom stereocenters. The molecule has 26 heavy (non-hydrogen) atoms. The molecule has 2 rings (SSSR count). The lowest BCUT2D eigenvalue weighted by atomic mass is 10.0. The van der Waals surface area contributed by atoms with E-state index in [1.54, 1.807) is 5.57 Å². The van der Waals surface area contributed by atoms with Gasteiger partial charge in [0.2, 0.25) is 0 Å². The Bertz CT molecular complexity index is 339. The van der Waals surface area contributed by atoms with Crippen LogP contribution in [0.3, 0.4) is 0 Å².